The molecule has 0 radical (unpaired) electrons. The second-order valence-corrected chi connectivity index (χ2v) is 6.94. The van der Waals surface area contributed by atoms with Crippen LogP contribution < -0.4 is 10.1 Å². The number of methoxy groups -OCH3 is 1. The number of Topliss-reactive ketones (excluding diaryl/α,β-unsaturated/α-hetero) is 1. The van der Waals surface area contributed by atoms with Crippen molar-refractivity contribution in [3.05, 3.63) is 76.8 Å². The molecular weight excluding hydrogens is 356 g/mol. The lowest BCUT2D eigenvalue weighted by atomic mass is 9.95. The average Bonchev–Trinajstić information content (AvgIpc) is 3.22. The van der Waals surface area contributed by atoms with E-state index >= 15 is 0 Å². The number of azo groups is 1. The molecule has 7 nitrogen and oxygen atoms in total. The van der Waals surface area contributed by atoms with E-state index in [0.29, 0.717) is 17.0 Å². The first kappa shape index (κ1) is 18.1. The average molecular weight is 376 g/mol. The number of rotatable bonds is 5. The molecule has 1 aliphatic heterocycles. The number of allylic oxidation sites excluding steroid dienone is 6. The number of carbonyl (C=O) groups excluding carboxylic acids is 2. The van der Waals surface area contributed by atoms with E-state index in [-0.39, 0.29) is 23.4 Å². The molecule has 0 spiro atoms. The molecule has 4 rings (SSSR count). The summed E-state index contributed by atoms with van der Waals surface area (Å²) < 4.78 is 5.18. The number of hydrogen-bond acceptors (Lipinski definition) is 6. The van der Waals surface area contributed by atoms with Crippen LogP contribution in [0.3, 0.4) is 0 Å². The Morgan fingerprint density at radius 1 is 1.18 bits per heavy atom. The number of hydrogen-bond donors (Lipinski definition) is 1. The van der Waals surface area contributed by atoms with Gasteiger partial charge >= 0.3 is 0 Å². The van der Waals surface area contributed by atoms with Crippen molar-refractivity contribution in [3.8, 4) is 5.75 Å². The smallest absolute Gasteiger partial charge is 0.247 e. The summed E-state index contributed by atoms with van der Waals surface area (Å²) in [5, 5.41) is 11.0. The van der Waals surface area contributed by atoms with Crippen LogP contribution in [-0.4, -0.2) is 37.8 Å². The van der Waals surface area contributed by atoms with Crippen LogP contribution in [0.4, 0.5) is 0 Å². The molecule has 0 saturated carbocycles. The molecule has 1 aromatic rings. The minimum Gasteiger partial charge on any atom is -0.497 e. The summed E-state index contributed by atoms with van der Waals surface area (Å²) >= 11 is 0. The number of ketones is 1. The maximum absolute atomic E-state index is 13.0. The van der Waals surface area contributed by atoms with Gasteiger partial charge in [0.1, 0.15) is 17.5 Å². The largest absolute Gasteiger partial charge is 0.497 e. The Balaban J connectivity index is 1.63. The third-order valence-electron chi connectivity index (χ3n) is 4.99. The number of likely N-dealkylation sites (N-methyl/N-ethyl adjacent to an activating group) is 1. The van der Waals surface area contributed by atoms with Gasteiger partial charge in [-0.2, -0.15) is 0 Å². The fourth-order valence-corrected chi connectivity index (χ4v) is 3.64. The molecule has 2 unspecified atom stereocenters. The molecular formula is C21H20N4O3. The minimum atomic E-state index is -0.551. The lowest BCUT2D eigenvalue weighted by molar-refractivity contribution is -0.125. The van der Waals surface area contributed by atoms with Crippen LogP contribution in [0.2, 0.25) is 0 Å². The molecule has 1 heterocycles. The van der Waals surface area contributed by atoms with Gasteiger partial charge in [0.25, 0.3) is 0 Å². The Labute approximate surface area is 162 Å². The summed E-state index contributed by atoms with van der Waals surface area (Å²) in [7, 11) is 5.23. The van der Waals surface area contributed by atoms with Gasteiger partial charge in [-0.25, -0.2) is 0 Å². The maximum Gasteiger partial charge on any atom is 0.247 e. The van der Waals surface area contributed by atoms with Crippen molar-refractivity contribution in [1.82, 2.24) is 10.2 Å². The predicted octanol–water partition coefficient (Wildman–Crippen LogP) is 2.67. The predicted molar refractivity (Wildman–Crippen MR) is 103 cm³/mol. The van der Waals surface area contributed by atoms with Crippen LogP contribution in [0.5, 0.6) is 5.75 Å². The van der Waals surface area contributed by atoms with Gasteiger partial charge in [-0.3, -0.25) is 14.5 Å². The van der Waals surface area contributed by atoms with Gasteiger partial charge in [0.15, 0.2) is 11.6 Å². The molecule has 7 heteroatoms. The van der Waals surface area contributed by atoms with Crippen LogP contribution in [0.1, 0.15) is 11.6 Å². The molecule has 2 aliphatic carbocycles. The van der Waals surface area contributed by atoms with Crippen molar-refractivity contribution >= 4 is 11.7 Å². The van der Waals surface area contributed by atoms with Crippen molar-refractivity contribution in [2.75, 3.05) is 21.2 Å². The molecule has 1 aromatic carbocycles. The van der Waals surface area contributed by atoms with Crippen LogP contribution in [-0.2, 0) is 9.59 Å². The topological polar surface area (TPSA) is 83.4 Å². The number of ether oxygens (including phenoxy) is 1. The van der Waals surface area contributed by atoms with Gasteiger partial charge in [0.05, 0.1) is 18.6 Å². The van der Waals surface area contributed by atoms with E-state index in [1.807, 2.05) is 62.7 Å². The summed E-state index contributed by atoms with van der Waals surface area (Å²) in [4.78, 5) is 27.6. The first-order valence-electron chi connectivity index (χ1n) is 8.92. The van der Waals surface area contributed by atoms with Crippen LogP contribution in [0.25, 0.3) is 0 Å². The highest BCUT2D eigenvalue weighted by Crippen LogP contribution is 2.42. The van der Waals surface area contributed by atoms with Gasteiger partial charge in [-0.1, -0.05) is 36.4 Å². The summed E-state index contributed by atoms with van der Waals surface area (Å²) in [6.07, 6.45) is 7.42. The number of nitrogens with one attached hydrogen (secondary N) is 1. The number of benzene rings is 1. The van der Waals surface area contributed by atoms with E-state index in [0.717, 1.165) is 11.1 Å². The first-order valence-corrected chi connectivity index (χ1v) is 8.92. The van der Waals surface area contributed by atoms with Crippen molar-refractivity contribution in [2.45, 2.75) is 6.04 Å². The molecule has 0 aromatic heterocycles. The fraction of sp³-hybridized carbons (Fsp3) is 0.238. The number of fused-ring (bicyclic) bond motifs is 2. The highest BCUT2D eigenvalue weighted by atomic mass is 16.5. The minimum absolute atomic E-state index is 0.0863. The molecule has 0 bridgehead atoms. The van der Waals surface area contributed by atoms with Crippen molar-refractivity contribution in [3.63, 3.8) is 0 Å². The van der Waals surface area contributed by atoms with Gasteiger partial charge in [0.2, 0.25) is 5.91 Å². The molecule has 28 heavy (non-hydrogen) atoms. The lowest BCUT2D eigenvalue weighted by Gasteiger charge is -2.24. The fourth-order valence-electron chi connectivity index (χ4n) is 3.64. The first-order chi connectivity index (χ1) is 13.5. The second-order valence-electron chi connectivity index (χ2n) is 6.94. The third kappa shape index (κ3) is 2.90. The molecule has 2 atom stereocenters. The van der Waals surface area contributed by atoms with E-state index in [1.165, 1.54) is 0 Å². The van der Waals surface area contributed by atoms with Crippen LogP contribution in [0, 0.1) is 5.92 Å². The van der Waals surface area contributed by atoms with Crippen LogP contribution in [0.15, 0.2) is 81.5 Å². The zero-order valence-electron chi connectivity index (χ0n) is 15.8. The van der Waals surface area contributed by atoms with E-state index in [1.54, 1.807) is 12.0 Å². The van der Waals surface area contributed by atoms with E-state index < -0.39 is 6.04 Å². The van der Waals surface area contributed by atoms with E-state index in [2.05, 4.69) is 15.5 Å². The SMILES string of the molecule is COc1ccc(C(C(=O)NC2=C3C(=O)C4C=CC=CC4=C3N=N2)N(C)C)cc1. The van der Waals surface area contributed by atoms with Gasteiger partial charge in [0, 0.05) is 0 Å². The molecule has 0 fully saturated rings. The number of amides is 1. The standard InChI is InChI=1S/C21H20N4O3/c1-25(2)18(12-8-10-13(28-3)11-9-12)21(27)22-20-16-17(23-24-20)14-6-4-5-7-15(14)19(16)26/h4-11,15,18H,1-3H3,(H,22,27). The summed E-state index contributed by atoms with van der Waals surface area (Å²) in [5.74, 6) is 0.225. The van der Waals surface area contributed by atoms with Gasteiger partial charge in [-0.05, 0) is 37.4 Å². The summed E-state index contributed by atoms with van der Waals surface area (Å²) in [6.45, 7) is 0. The van der Waals surface area contributed by atoms with E-state index in [9.17, 15) is 9.59 Å². The van der Waals surface area contributed by atoms with Gasteiger partial charge in [-0.15, -0.1) is 10.2 Å². The third-order valence-corrected chi connectivity index (χ3v) is 4.99. The Bertz CT molecular complexity index is 997. The molecule has 3 aliphatic rings. The number of carbonyl (C=O) groups is 2. The van der Waals surface area contributed by atoms with Crippen LogP contribution >= 0.6 is 0 Å². The Hall–Kier alpha value is -3.32. The Kier molecular flexibility index (Phi) is 4.52. The van der Waals surface area contributed by atoms with Gasteiger partial charge < -0.3 is 10.1 Å². The molecule has 142 valence electrons. The highest BCUT2D eigenvalue weighted by molar-refractivity contribution is 6.10. The van der Waals surface area contributed by atoms with E-state index in [4.69, 9.17) is 4.74 Å². The zero-order valence-corrected chi connectivity index (χ0v) is 15.8. The maximum atomic E-state index is 13.0. The normalized spacial score (nSPS) is 20.7. The highest BCUT2D eigenvalue weighted by Gasteiger charge is 2.41. The Morgan fingerprint density at radius 3 is 2.61 bits per heavy atom. The zero-order chi connectivity index (χ0) is 19.8. The van der Waals surface area contributed by atoms with Crippen molar-refractivity contribution in [1.29, 1.82) is 0 Å². The number of nitrogens with zero attached hydrogens (tertiary/aromatic N) is 3. The molecule has 1 N–H and O–H groups in total. The second kappa shape index (κ2) is 7.01. The molecule has 0 saturated heterocycles. The summed E-state index contributed by atoms with van der Waals surface area (Å²) in [5.41, 5.74) is 2.57. The quantitative estimate of drug-likeness (QED) is 0.856. The molecule has 1 amide bonds. The van der Waals surface area contributed by atoms with Crippen molar-refractivity contribution < 1.29 is 14.3 Å². The van der Waals surface area contributed by atoms with Crippen molar-refractivity contribution in [2.24, 2.45) is 16.1 Å². The Morgan fingerprint density at radius 2 is 1.93 bits per heavy atom. The monoisotopic (exact) mass is 376 g/mol. The summed E-state index contributed by atoms with van der Waals surface area (Å²) in [6, 6.07) is 6.75. The lowest BCUT2D eigenvalue weighted by Crippen LogP contribution is -2.36.